The van der Waals surface area contributed by atoms with Crippen LogP contribution in [-0.4, -0.2) is 4.98 Å². The number of fused-ring (bicyclic) bond motifs is 1. The first-order valence-electron chi connectivity index (χ1n) is 4.81. The Labute approximate surface area is 83.2 Å². The zero-order valence-electron chi connectivity index (χ0n) is 8.17. The molecule has 0 aliphatic carbocycles. The topological polar surface area (TPSA) is 39.6 Å². The van der Waals surface area contributed by atoms with Gasteiger partial charge in [-0.1, -0.05) is 25.1 Å². The second-order valence-electron chi connectivity index (χ2n) is 3.34. The van der Waals surface area contributed by atoms with Gasteiger partial charge in [0.15, 0.2) is 0 Å². The third-order valence-electron chi connectivity index (χ3n) is 2.54. The van der Waals surface area contributed by atoms with Gasteiger partial charge in [-0.05, 0) is 17.5 Å². The summed E-state index contributed by atoms with van der Waals surface area (Å²) in [6, 6.07) is 8.42. The number of hydrogen-bond donors (Lipinski definition) is 1. The summed E-state index contributed by atoms with van der Waals surface area (Å²) in [7, 11) is 0. The van der Waals surface area contributed by atoms with Crippen LogP contribution in [0, 0.1) is 11.3 Å². The van der Waals surface area contributed by atoms with E-state index >= 15 is 0 Å². The summed E-state index contributed by atoms with van der Waals surface area (Å²) >= 11 is 0. The van der Waals surface area contributed by atoms with Crippen molar-refractivity contribution in [1.29, 1.82) is 5.26 Å². The zero-order valence-corrected chi connectivity index (χ0v) is 8.17. The number of H-pyrrole nitrogens is 1. The van der Waals surface area contributed by atoms with Crippen molar-refractivity contribution in [2.24, 2.45) is 0 Å². The van der Waals surface area contributed by atoms with E-state index in [0.717, 1.165) is 12.0 Å². The number of aromatic amines is 1. The van der Waals surface area contributed by atoms with E-state index in [4.69, 9.17) is 5.26 Å². The largest absolute Gasteiger partial charge is 0.361 e. The number of nitrogens with one attached hydrogen (secondary N) is 1. The Morgan fingerprint density at radius 3 is 2.93 bits per heavy atom. The first-order valence-corrected chi connectivity index (χ1v) is 4.81. The van der Waals surface area contributed by atoms with Gasteiger partial charge in [-0.3, -0.25) is 0 Å². The molecule has 0 fully saturated rings. The molecule has 2 heteroatoms. The standard InChI is InChI=1S/C12H12N2/c1-2-9-4-3-5-11-10(6-7-13)8-14-12(9)11/h3-5,8,14H,2,6H2,1H3. The van der Waals surface area contributed by atoms with Crippen LogP contribution in [0.4, 0.5) is 0 Å². The molecule has 0 spiro atoms. The number of benzene rings is 1. The van der Waals surface area contributed by atoms with Crippen molar-refractivity contribution in [3.05, 3.63) is 35.5 Å². The molecular weight excluding hydrogens is 172 g/mol. The smallest absolute Gasteiger partial charge is 0.0670 e. The molecule has 0 aliphatic rings. The van der Waals surface area contributed by atoms with E-state index in [1.165, 1.54) is 16.5 Å². The van der Waals surface area contributed by atoms with Crippen LogP contribution >= 0.6 is 0 Å². The lowest BCUT2D eigenvalue weighted by atomic mass is 10.1. The highest BCUT2D eigenvalue weighted by Crippen LogP contribution is 2.22. The van der Waals surface area contributed by atoms with E-state index in [0.29, 0.717) is 6.42 Å². The van der Waals surface area contributed by atoms with Crippen molar-refractivity contribution in [2.45, 2.75) is 19.8 Å². The molecule has 0 aliphatic heterocycles. The van der Waals surface area contributed by atoms with Crippen LogP contribution in [0.15, 0.2) is 24.4 Å². The van der Waals surface area contributed by atoms with Gasteiger partial charge in [0.2, 0.25) is 0 Å². The Balaban J connectivity index is 2.64. The van der Waals surface area contributed by atoms with Crippen molar-refractivity contribution in [3.8, 4) is 6.07 Å². The second kappa shape index (κ2) is 3.55. The molecule has 1 heterocycles. The molecule has 0 bridgehead atoms. The minimum absolute atomic E-state index is 0.479. The highest BCUT2D eigenvalue weighted by atomic mass is 14.7. The summed E-state index contributed by atoms with van der Waals surface area (Å²) in [5.74, 6) is 0. The van der Waals surface area contributed by atoms with Crippen LogP contribution in [0.25, 0.3) is 10.9 Å². The molecule has 0 amide bonds. The summed E-state index contributed by atoms with van der Waals surface area (Å²) in [6.07, 6.45) is 3.43. The van der Waals surface area contributed by atoms with E-state index in [2.05, 4.69) is 36.2 Å². The lowest BCUT2D eigenvalue weighted by Crippen LogP contribution is -1.82. The summed E-state index contributed by atoms with van der Waals surface area (Å²) in [5.41, 5.74) is 3.59. The van der Waals surface area contributed by atoms with E-state index in [1.807, 2.05) is 6.20 Å². The molecule has 0 atom stereocenters. The summed E-state index contributed by atoms with van der Waals surface area (Å²) < 4.78 is 0. The van der Waals surface area contributed by atoms with Crippen molar-refractivity contribution < 1.29 is 0 Å². The quantitative estimate of drug-likeness (QED) is 0.765. The predicted molar refractivity (Wildman–Crippen MR) is 57.0 cm³/mol. The van der Waals surface area contributed by atoms with Gasteiger partial charge in [-0.25, -0.2) is 0 Å². The fraction of sp³-hybridized carbons (Fsp3) is 0.250. The van der Waals surface area contributed by atoms with Crippen LogP contribution in [0.2, 0.25) is 0 Å². The van der Waals surface area contributed by atoms with Crippen LogP contribution < -0.4 is 0 Å². The van der Waals surface area contributed by atoms with Crippen molar-refractivity contribution in [3.63, 3.8) is 0 Å². The molecule has 1 N–H and O–H groups in total. The maximum absolute atomic E-state index is 8.66. The SMILES string of the molecule is CCc1cccc2c(CC#N)c[nH]c12. The van der Waals surface area contributed by atoms with Crippen molar-refractivity contribution in [1.82, 2.24) is 4.98 Å². The van der Waals surface area contributed by atoms with Gasteiger partial charge in [0.05, 0.1) is 12.5 Å². The van der Waals surface area contributed by atoms with E-state index in [9.17, 15) is 0 Å². The normalized spacial score (nSPS) is 10.3. The van der Waals surface area contributed by atoms with Crippen molar-refractivity contribution in [2.75, 3.05) is 0 Å². The van der Waals surface area contributed by atoms with Gasteiger partial charge in [0.1, 0.15) is 0 Å². The summed E-state index contributed by atoms with van der Waals surface area (Å²) in [5, 5.41) is 9.85. The lowest BCUT2D eigenvalue weighted by Gasteiger charge is -1.98. The number of hydrogen-bond acceptors (Lipinski definition) is 1. The van der Waals surface area contributed by atoms with Crippen molar-refractivity contribution >= 4 is 10.9 Å². The number of nitrogens with zero attached hydrogens (tertiary/aromatic N) is 1. The Hall–Kier alpha value is -1.75. The zero-order chi connectivity index (χ0) is 9.97. The Morgan fingerprint density at radius 2 is 2.21 bits per heavy atom. The minimum atomic E-state index is 0.479. The average molecular weight is 184 g/mol. The second-order valence-corrected chi connectivity index (χ2v) is 3.34. The number of rotatable bonds is 2. The van der Waals surface area contributed by atoms with Gasteiger partial charge in [-0.15, -0.1) is 0 Å². The minimum Gasteiger partial charge on any atom is -0.361 e. The highest BCUT2D eigenvalue weighted by Gasteiger charge is 2.05. The molecule has 2 rings (SSSR count). The Bertz CT molecular complexity index is 488. The molecule has 0 unspecified atom stereocenters. The maximum Gasteiger partial charge on any atom is 0.0670 e. The molecule has 14 heavy (non-hydrogen) atoms. The third-order valence-corrected chi connectivity index (χ3v) is 2.54. The molecular formula is C12H12N2. The summed E-state index contributed by atoms with van der Waals surface area (Å²) in [4.78, 5) is 3.24. The number of aromatic nitrogens is 1. The molecule has 1 aromatic heterocycles. The fourth-order valence-corrected chi connectivity index (χ4v) is 1.80. The number of para-hydroxylation sites is 1. The Morgan fingerprint density at radius 1 is 1.36 bits per heavy atom. The van der Waals surface area contributed by atoms with Crippen LogP contribution in [-0.2, 0) is 12.8 Å². The lowest BCUT2D eigenvalue weighted by molar-refractivity contribution is 1.15. The molecule has 70 valence electrons. The molecule has 2 aromatic rings. The van der Waals surface area contributed by atoms with Gasteiger partial charge in [-0.2, -0.15) is 5.26 Å². The van der Waals surface area contributed by atoms with Crippen LogP contribution in [0.1, 0.15) is 18.1 Å². The average Bonchev–Trinajstić information content (AvgIpc) is 2.62. The molecule has 0 saturated heterocycles. The highest BCUT2D eigenvalue weighted by molar-refractivity contribution is 5.86. The predicted octanol–water partition coefficient (Wildman–Crippen LogP) is 2.80. The molecule has 0 radical (unpaired) electrons. The fourth-order valence-electron chi connectivity index (χ4n) is 1.80. The first-order chi connectivity index (χ1) is 6.86. The van der Waals surface area contributed by atoms with Gasteiger partial charge >= 0.3 is 0 Å². The third kappa shape index (κ3) is 1.27. The monoisotopic (exact) mass is 184 g/mol. The maximum atomic E-state index is 8.66. The summed E-state index contributed by atoms with van der Waals surface area (Å²) in [6.45, 7) is 2.14. The van der Waals surface area contributed by atoms with E-state index in [1.54, 1.807) is 0 Å². The van der Waals surface area contributed by atoms with Gasteiger partial charge in [0.25, 0.3) is 0 Å². The Kier molecular flexibility index (Phi) is 2.24. The van der Waals surface area contributed by atoms with E-state index in [-0.39, 0.29) is 0 Å². The first kappa shape index (κ1) is 8.83. The van der Waals surface area contributed by atoms with E-state index < -0.39 is 0 Å². The number of aryl methyl sites for hydroxylation is 1. The van der Waals surface area contributed by atoms with Crippen LogP contribution in [0.5, 0.6) is 0 Å². The van der Waals surface area contributed by atoms with Crippen LogP contribution in [0.3, 0.4) is 0 Å². The number of nitriles is 1. The molecule has 1 aromatic carbocycles. The van der Waals surface area contributed by atoms with Gasteiger partial charge < -0.3 is 4.98 Å². The molecule has 2 nitrogen and oxygen atoms in total. The molecule has 0 saturated carbocycles. The van der Waals surface area contributed by atoms with Gasteiger partial charge in [0, 0.05) is 17.1 Å².